The van der Waals surface area contributed by atoms with Gasteiger partial charge in [-0.25, -0.2) is 15.0 Å². The molecular formula is C14H17BrN6O. The fourth-order valence-electron chi connectivity index (χ4n) is 2.56. The highest BCUT2D eigenvalue weighted by Crippen LogP contribution is 2.17. The lowest BCUT2D eigenvalue weighted by Gasteiger charge is -2.33. The number of hydrogen-bond donors (Lipinski definition) is 1. The van der Waals surface area contributed by atoms with Gasteiger partial charge in [0.15, 0.2) is 5.82 Å². The zero-order valence-electron chi connectivity index (χ0n) is 12.2. The lowest BCUT2D eigenvalue weighted by Crippen LogP contribution is -2.45. The molecule has 1 atom stereocenters. The first-order valence-corrected chi connectivity index (χ1v) is 7.93. The van der Waals surface area contributed by atoms with Gasteiger partial charge in [-0.3, -0.25) is 4.79 Å². The Kier molecular flexibility index (Phi) is 4.37. The number of aryl methyl sites for hydroxylation is 1. The predicted molar refractivity (Wildman–Crippen MR) is 88.1 cm³/mol. The van der Waals surface area contributed by atoms with Crippen LogP contribution >= 0.6 is 15.9 Å². The second-order valence-corrected chi connectivity index (χ2v) is 6.24. The fourth-order valence-corrected chi connectivity index (χ4v) is 2.76. The summed E-state index contributed by atoms with van der Waals surface area (Å²) < 4.78 is 2.40. The molecule has 0 saturated carbocycles. The van der Waals surface area contributed by atoms with Crippen LogP contribution in [0.4, 0.5) is 11.8 Å². The third kappa shape index (κ3) is 3.27. The summed E-state index contributed by atoms with van der Waals surface area (Å²) in [4.78, 5) is 26.9. The number of piperidine rings is 1. The van der Waals surface area contributed by atoms with Crippen molar-refractivity contribution < 1.29 is 0 Å². The molecule has 1 saturated heterocycles. The first-order valence-electron chi connectivity index (χ1n) is 7.14. The molecule has 22 heavy (non-hydrogen) atoms. The average Bonchev–Trinajstić information content (AvgIpc) is 2.53. The summed E-state index contributed by atoms with van der Waals surface area (Å²) in [5.41, 5.74) is -0.0666. The fraction of sp³-hybridized carbons (Fsp3) is 0.429. The maximum atomic E-state index is 12.2. The Labute approximate surface area is 136 Å². The Bertz CT molecular complexity index is 701. The monoisotopic (exact) mass is 364 g/mol. The molecule has 8 heteroatoms. The van der Waals surface area contributed by atoms with Gasteiger partial charge < -0.3 is 14.8 Å². The van der Waals surface area contributed by atoms with E-state index in [1.807, 2.05) is 4.90 Å². The highest BCUT2D eigenvalue weighted by molar-refractivity contribution is 9.10. The molecule has 0 spiro atoms. The van der Waals surface area contributed by atoms with E-state index >= 15 is 0 Å². The molecule has 1 fully saturated rings. The van der Waals surface area contributed by atoms with Gasteiger partial charge in [0.2, 0.25) is 5.95 Å². The van der Waals surface area contributed by atoms with Crippen LogP contribution in [0, 0.1) is 0 Å². The van der Waals surface area contributed by atoms with Crippen molar-refractivity contribution in [1.82, 2.24) is 19.5 Å². The molecule has 0 bridgehead atoms. The van der Waals surface area contributed by atoms with Crippen LogP contribution in [0.1, 0.15) is 12.8 Å². The maximum Gasteiger partial charge on any atom is 0.293 e. The van der Waals surface area contributed by atoms with Crippen molar-refractivity contribution in [3.63, 3.8) is 0 Å². The van der Waals surface area contributed by atoms with Crippen molar-refractivity contribution in [2.75, 3.05) is 23.3 Å². The number of nitrogens with one attached hydrogen (secondary N) is 1. The average molecular weight is 365 g/mol. The molecule has 0 unspecified atom stereocenters. The molecule has 1 aliphatic rings. The zero-order chi connectivity index (χ0) is 15.5. The number of anilines is 2. The number of aromatic nitrogens is 4. The summed E-state index contributed by atoms with van der Waals surface area (Å²) in [6.45, 7) is 1.55. The molecule has 2 aromatic rings. The van der Waals surface area contributed by atoms with Crippen molar-refractivity contribution in [2.45, 2.75) is 18.9 Å². The molecule has 0 amide bonds. The van der Waals surface area contributed by atoms with Gasteiger partial charge in [0.25, 0.3) is 5.56 Å². The molecule has 116 valence electrons. The topological polar surface area (TPSA) is 75.9 Å². The van der Waals surface area contributed by atoms with E-state index in [0.29, 0.717) is 18.3 Å². The number of hydrogen-bond acceptors (Lipinski definition) is 6. The van der Waals surface area contributed by atoms with E-state index < -0.39 is 0 Å². The molecule has 1 aliphatic heterocycles. The minimum absolute atomic E-state index is 0.0666. The Balaban J connectivity index is 1.72. The first-order chi connectivity index (χ1) is 10.6. The van der Waals surface area contributed by atoms with E-state index in [1.165, 1.54) is 0 Å². The normalized spacial score (nSPS) is 18.3. The van der Waals surface area contributed by atoms with E-state index in [0.717, 1.165) is 23.9 Å². The van der Waals surface area contributed by atoms with Crippen LogP contribution in [0.3, 0.4) is 0 Å². The SMILES string of the molecule is Cn1ccnc(N2CCC[C@H](Nc3ncc(Br)cn3)C2)c1=O. The van der Waals surface area contributed by atoms with Gasteiger partial charge in [-0.15, -0.1) is 0 Å². The largest absolute Gasteiger partial charge is 0.350 e. The highest BCUT2D eigenvalue weighted by Gasteiger charge is 2.23. The second kappa shape index (κ2) is 6.43. The van der Waals surface area contributed by atoms with Crippen LogP contribution in [0.5, 0.6) is 0 Å². The lowest BCUT2D eigenvalue weighted by molar-refractivity contribution is 0.521. The van der Waals surface area contributed by atoms with Crippen molar-refractivity contribution >= 4 is 27.7 Å². The minimum Gasteiger partial charge on any atom is -0.350 e. The second-order valence-electron chi connectivity index (χ2n) is 5.32. The third-order valence-electron chi connectivity index (χ3n) is 3.67. The molecule has 7 nitrogen and oxygen atoms in total. The predicted octanol–water partition coefficient (Wildman–Crippen LogP) is 1.41. The van der Waals surface area contributed by atoms with Crippen molar-refractivity contribution in [2.24, 2.45) is 7.05 Å². The Morgan fingerprint density at radius 1 is 1.32 bits per heavy atom. The Hall–Kier alpha value is -1.96. The molecule has 2 aromatic heterocycles. The van der Waals surface area contributed by atoms with Gasteiger partial charge in [0.05, 0.1) is 4.47 Å². The van der Waals surface area contributed by atoms with Crippen molar-refractivity contribution in [3.8, 4) is 0 Å². The van der Waals surface area contributed by atoms with Crippen LogP contribution < -0.4 is 15.8 Å². The summed E-state index contributed by atoms with van der Waals surface area (Å²) in [5.74, 6) is 1.11. The summed E-state index contributed by atoms with van der Waals surface area (Å²) in [7, 11) is 1.74. The van der Waals surface area contributed by atoms with Gasteiger partial charge in [0.1, 0.15) is 0 Å². The maximum absolute atomic E-state index is 12.2. The van der Waals surface area contributed by atoms with Crippen LogP contribution in [0.25, 0.3) is 0 Å². The molecule has 0 aromatic carbocycles. The zero-order valence-corrected chi connectivity index (χ0v) is 13.8. The van der Waals surface area contributed by atoms with E-state index in [4.69, 9.17) is 0 Å². The minimum atomic E-state index is -0.0666. The molecular weight excluding hydrogens is 348 g/mol. The highest BCUT2D eigenvalue weighted by atomic mass is 79.9. The van der Waals surface area contributed by atoms with E-state index in [-0.39, 0.29) is 11.6 Å². The van der Waals surface area contributed by atoms with E-state index in [9.17, 15) is 4.79 Å². The van der Waals surface area contributed by atoms with Crippen LogP contribution in [-0.2, 0) is 7.05 Å². The third-order valence-corrected chi connectivity index (χ3v) is 4.08. The lowest BCUT2D eigenvalue weighted by atomic mass is 10.1. The van der Waals surface area contributed by atoms with Gasteiger partial charge in [-0.05, 0) is 28.8 Å². The van der Waals surface area contributed by atoms with E-state index in [1.54, 1.807) is 36.4 Å². The molecule has 3 rings (SSSR count). The van der Waals surface area contributed by atoms with Gasteiger partial charge in [0, 0.05) is 51.0 Å². The smallest absolute Gasteiger partial charge is 0.293 e. The summed E-state index contributed by atoms with van der Waals surface area (Å²) in [6, 6.07) is 0.196. The van der Waals surface area contributed by atoms with Crippen molar-refractivity contribution in [3.05, 3.63) is 39.6 Å². The van der Waals surface area contributed by atoms with Crippen LogP contribution in [0.15, 0.2) is 34.1 Å². The van der Waals surface area contributed by atoms with Crippen LogP contribution in [0.2, 0.25) is 0 Å². The molecule has 1 N–H and O–H groups in total. The van der Waals surface area contributed by atoms with Crippen LogP contribution in [-0.4, -0.2) is 38.7 Å². The van der Waals surface area contributed by atoms with Gasteiger partial charge >= 0.3 is 0 Å². The summed E-state index contributed by atoms with van der Waals surface area (Å²) in [6.07, 6.45) is 8.76. The summed E-state index contributed by atoms with van der Waals surface area (Å²) in [5, 5.41) is 3.32. The summed E-state index contributed by atoms with van der Waals surface area (Å²) >= 11 is 3.32. The first kappa shape index (κ1) is 15.0. The van der Waals surface area contributed by atoms with Gasteiger partial charge in [-0.1, -0.05) is 0 Å². The Morgan fingerprint density at radius 2 is 2.09 bits per heavy atom. The Morgan fingerprint density at radius 3 is 2.86 bits per heavy atom. The standard InChI is InChI=1S/C14H17BrN6O/c1-20-6-4-16-12(13(20)22)21-5-2-3-11(9-21)19-14-17-7-10(15)8-18-14/h4,6-8,11H,2-3,5,9H2,1H3,(H,17,18,19)/t11-/m0/s1. The number of nitrogens with zero attached hydrogens (tertiary/aromatic N) is 5. The quantitative estimate of drug-likeness (QED) is 0.887. The van der Waals surface area contributed by atoms with Crippen molar-refractivity contribution in [1.29, 1.82) is 0 Å². The molecule has 0 aliphatic carbocycles. The van der Waals surface area contributed by atoms with E-state index in [2.05, 4.69) is 36.2 Å². The van der Waals surface area contributed by atoms with Gasteiger partial charge in [-0.2, -0.15) is 0 Å². The number of halogens is 1. The molecule has 0 radical (unpaired) electrons. The number of rotatable bonds is 3. The molecule has 3 heterocycles.